The van der Waals surface area contributed by atoms with Crippen LogP contribution >= 0.6 is 0 Å². The van der Waals surface area contributed by atoms with E-state index in [1.807, 2.05) is 0 Å². The van der Waals surface area contributed by atoms with Crippen LogP contribution in [0.4, 0.5) is 10.2 Å². The van der Waals surface area contributed by atoms with Crippen LogP contribution in [0, 0.1) is 5.82 Å². The van der Waals surface area contributed by atoms with Gasteiger partial charge in [-0.2, -0.15) is 0 Å². The van der Waals surface area contributed by atoms with Gasteiger partial charge in [0.05, 0.1) is 0 Å². The molecule has 0 saturated carbocycles. The van der Waals surface area contributed by atoms with Crippen molar-refractivity contribution in [1.82, 2.24) is 4.98 Å². The molecule has 0 unspecified atom stereocenters. The summed E-state index contributed by atoms with van der Waals surface area (Å²) in [5.41, 5.74) is 5.35. The normalized spacial score (nSPS) is 10.1. The summed E-state index contributed by atoms with van der Waals surface area (Å²) >= 11 is 0. The highest BCUT2D eigenvalue weighted by Crippen LogP contribution is 2.08. The van der Waals surface area contributed by atoms with E-state index < -0.39 is 0 Å². The quantitative estimate of drug-likeness (QED) is 0.683. The van der Waals surface area contributed by atoms with Crippen molar-refractivity contribution in [1.29, 1.82) is 0 Å². The Balaban J connectivity index is 2.21. The van der Waals surface area contributed by atoms with Gasteiger partial charge in [-0.3, -0.25) is 0 Å². The molecule has 0 fully saturated rings. The Labute approximate surface area is 83.5 Å². The Hall–Kier alpha value is -1.16. The van der Waals surface area contributed by atoms with E-state index in [4.69, 9.17) is 5.73 Å². The van der Waals surface area contributed by atoms with Crippen LogP contribution in [0.1, 0.15) is 19.3 Å². The molecule has 0 radical (unpaired) electrons. The van der Waals surface area contributed by atoms with Gasteiger partial charge in [-0.1, -0.05) is 6.42 Å². The van der Waals surface area contributed by atoms with Crippen molar-refractivity contribution in [2.24, 2.45) is 5.73 Å². The molecule has 1 aromatic rings. The molecule has 1 rings (SSSR count). The average molecular weight is 197 g/mol. The van der Waals surface area contributed by atoms with E-state index in [2.05, 4.69) is 10.3 Å². The molecule has 4 heteroatoms. The molecule has 14 heavy (non-hydrogen) atoms. The average Bonchev–Trinajstić information content (AvgIpc) is 2.20. The number of anilines is 1. The van der Waals surface area contributed by atoms with E-state index in [0.29, 0.717) is 5.82 Å². The van der Waals surface area contributed by atoms with Gasteiger partial charge in [-0.05, 0) is 31.5 Å². The highest BCUT2D eigenvalue weighted by Gasteiger charge is 1.99. The van der Waals surface area contributed by atoms with E-state index in [1.165, 1.54) is 6.07 Å². The molecule has 3 nitrogen and oxygen atoms in total. The van der Waals surface area contributed by atoms with Crippen molar-refractivity contribution in [3.05, 3.63) is 24.1 Å². The van der Waals surface area contributed by atoms with Crippen molar-refractivity contribution >= 4 is 5.82 Å². The van der Waals surface area contributed by atoms with Crippen LogP contribution in [-0.2, 0) is 0 Å². The summed E-state index contributed by atoms with van der Waals surface area (Å²) in [4.78, 5) is 3.89. The number of nitrogens with two attached hydrogens (primary N) is 1. The standard InChI is InChI=1S/C10H16FN3/c11-9-5-4-8-14-10(9)13-7-3-1-2-6-12/h4-5,8H,1-3,6-7,12H2,(H,13,14). The fourth-order valence-corrected chi connectivity index (χ4v) is 1.17. The van der Waals surface area contributed by atoms with E-state index in [9.17, 15) is 4.39 Å². The van der Waals surface area contributed by atoms with Gasteiger partial charge in [0, 0.05) is 12.7 Å². The highest BCUT2D eigenvalue weighted by molar-refractivity contribution is 5.35. The second-order valence-electron chi connectivity index (χ2n) is 3.11. The Morgan fingerprint density at radius 1 is 1.36 bits per heavy atom. The maximum atomic E-state index is 13.0. The van der Waals surface area contributed by atoms with Gasteiger partial charge in [0.1, 0.15) is 0 Å². The zero-order valence-corrected chi connectivity index (χ0v) is 8.17. The number of pyridine rings is 1. The van der Waals surface area contributed by atoms with Crippen LogP contribution in [0.3, 0.4) is 0 Å². The van der Waals surface area contributed by atoms with Gasteiger partial charge in [0.25, 0.3) is 0 Å². The monoisotopic (exact) mass is 197 g/mol. The Bertz CT molecular complexity index is 265. The number of hydrogen-bond acceptors (Lipinski definition) is 3. The van der Waals surface area contributed by atoms with Crippen LogP contribution in [0.2, 0.25) is 0 Å². The van der Waals surface area contributed by atoms with E-state index >= 15 is 0 Å². The van der Waals surface area contributed by atoms with Crippen LogP contribution in [-0.4, -0.2) is 18.1 Å². The fourth-order valence-electron chi connectivity index (χ4n) is 1.17. The topological polar surface area (TPSA) is 50.9 Å². The molecule has 0 aromatic carbocycles. The maximum absolute atomic E-state index is 13.0. The Kier molecular flexibility index (Phi) is 4.93. The highest BCUT2D eigenvalue weighted by atomic mass is 19.1. The summed E-state index contributed by atoms with van der Waals surface area (Å²) in [5.74, 6) is 0.0339. The largest absolute Gasteiger partial charge is 0.368 e. The molecule has 0 aliphatic heterocycles. The molecule has 3 N–H and O–H groups in total. The third kappa shape index (κ3) is 3.70. The van der Waals surface area contributed by atoms with Gasteiger partial charge in [0.15, 0.2) is 11.6 Å². The van der Waals surface area contributed by atoms with Crippen molar-refractivity contribution in [3.8, 4) is 0 Å². The number of unbranched alkanes of at least 4 members (excludes halogenated alkanes) is 2. The minimum Gasteiger partial charge on any atom is -0.368 e. The molecule has 0 spiro atoms. The first-order valence-corrected chi connectivity index (χ1v) is 4.89. The van der Waals surface area contributed by atoms with E-state index in [0.717, 1.165) is 32.4 Å². The fraction of sp³-hybridized carbons (Fsp3) is 0.500. The Morgan fingerprint density at radius 2 is 2.21 bits per heavy atom. The lowest BCUT2D eigenvalue weighted by atomic mass is 10.2. The summed E-state index contributed by atoms with van der Waals surface area (Å²) in [5, 5.41) is 2.94. The number of hydrogen-bond donors (Lipinski definition) is 2. The van der Waals surface area contributed by atoms with Crippen LogP contribution in [0.5, 0.6) is 0 Å². The van der Waals surface area contributed by atoms with Gasteiger partial charge < -0.3 is 11.1 Å². The number of nitrogens with one attached hydrogen (secondary N) is 1. The number of nitrogens with zero attached hydrogens (tertiary/aromatic N) is 1. The maximum Gasteiger partial charge on any atom is 0.165 e. The number of rotatable bonds is 6. The molecule has 0 aliphatic rings. The van der Waals surface area contributed by atoms with Crippen molar-refractivity contribution in [3.63, 3.8) is 0 Å². The lowest BCUT2D eigenvalue weighted by Gasteiger charge is -2.05. The van der Waals surface area contributed by atoms with Gasteiger partial charge in [0.2, 0.25) is 0 Å². The summed E-state index contributed by atoms with van der Waals surface area (Å²) in [6, 6.07) is 2.98. The van der Waals surface area contributed by atoms with Gasteiger partial charge in [-0.15, -0.1) is 0 Å². The molecular weight excluding hydrogens is 181 g/mol. The summed E-state index contributed by atoms with van der Waals surface area (Å²) < 4.78 is 13.0. The van der Waals surface area contributed by atoms with E-state index in [1.54, 1.807) is 12.3 Å². The zero-order chi connectivity index (χ0) is 10.2. The summed E-state index contributed by atoms with van der Waals surface area (Å²) in [6.45, 7) is 1.46. The molecule has 0 saturated heterocycles. The zero-order valence-electron chi connectivity index (χ0n) is 8.17. The van der Waals surface area contributed by atoms with Gasteiger partial charge in [-0.25, -0.2) is 9.37 Å². The first-order valence-electron chi connectivity index (χ1n) is 4.89. The minimum atomic E-state index is -0.300. The second kappa shape index (κ2) is 6.32. The molecule has 0 amide bonds. The van der Waals surface area contributed by atoms with Crippen LogP contribution in [0.25, 0.3) is 0 Å². The lowest BCUT2D eigenvalue weighted by molar-refractivity contribution is 0.622. The third-order valence-electron chi connectivity index (χ3n) is 1.93. The summed E-state index contributed by atoms with van der Waals surface area (Å²) in [7, 11) is 0. The smallest absolute Gasteiger partial charge is 0.165 e. The second-order valence-corrected chi connectivity index (χ2v) is 3.11. The SMILES string of the molecule is NCCCCCNc1ncccc1F. The molecule has 0 bridgehead atoms. The van der Waals surface area contributed by atoms with Crippen molar-refractivity contribution < 1.29 is 4.39 Å². The van der Waals surface area contributed by atoms with E-state index in [-0.39, 0.29) is 5.82 Å². The lowest BCUT2D eigenvalue weighted by Crippen LogP contribution is -2.06. The predicted octanol–water partition coefficient (Wildman–Crippen LogP) is 1.76. The third-order valence-corrected chi connectivity index (χ3v) is 1.93. The van der Waals surface area contributed by atoms with Gasteiger partial charge >= 0.3 is 0 Å². The number of halogens is 1. The van der Waals surface area contributed by atoms with Crippen LogP contribution in [0.15, 0.2) is 18.3 Å². The van der Waals surface area contributed by atoms with Crippen molar-refractivity contribution in [2.75, 3.05) is 18.4 Å². The Morgan fingerprint density at radius 3 is 2.93 bits per heavy atom. The molecule has 1 aromatic heterocycles. The van der Waals surface area contributed by atoms with Crippen molar-refractivity contribution in [2.45, 2.75) is 19.3 Å². The number of aromatic nitrogens is 1. The minimum absolute atomic E-state index is 0.300. The molecule has 1 heterocycles. The first-order chi connectivity index (χ1) is 6.84. The van der Waals surface area contributed by atoms with Crippen LogP contribution < -0.4 is 11.1 Å². The predicted molar refractivity (Wildman–Crippen MR) is 55.6 cm³/mol. The molecule has 0 aliphatic carbocycles. The summed E-state index contributed by atoms with van der Waals surface area (Å²) in [6.07, 6.45) is 4.66. The first kappa shape index (κ1) is 10.9. The molecule has 78 valence electrons. The molecular formula is C10H16FN3. The molecule has 0 atom stereocenters.